The second-order valence-electron chi connectivity index (χ2n) is 4.91. The Morgan fingerprint density at radius 1 is 1.05 bits per heavy atom. The minimum absolute atomic E-state index is 0.284. The summed E-state index contributed by atoms with van der Waals surface area (Å²) in [6, 6.07) is 7.83. The Kier molecular flexibility index (Phi) is 3.05. The standard InChI is InChI=1S/C16H15NO4/c1-9-12(15(18)20-2)13(16(19)21-3)14-11-7-5-4-6-10(11)8-17(9)14/h4-7H,8H2,1-3H3. The molecule has 1 aliphatic heterocycles. The molecule has 0 N–H and O–H groups in total. The van der Waals surface area contributed by atoms with Crippen molar-refractivity contribution in [3.63, 3.8) is 0 Å². The second kappa shape index (κ2) is 4.77. The molecule has 5 nitrogen and oxygen atoms in total. The third-order valence-electron chi connectivity index (χ3n) is 3.90. The van der Waals surface area contributed by atoms with Crippen molar-refractivity contribution in [1.29, 1.82) is 0 Å². The molecule has 0 atom stereocenters. The van der Waals surface area contributed by atoms with E-state index in [0.717, 1.165) is 16.8 Å². The van der Waals surface area contributed by atoms with Gasteiger partial charge in [-0.15, -0.1) is 0 Å². The number of rotatable bonds is 2. The molecule has 2 aromatic rings. The average molecular weight is 285 g/mol. The minimum Gasteiger partial charge on any atom is -0.465 e. The zero-order valence-corrected chi connectivity index (χ0v) is 12.1. The molecule has 0 fully saturated rings. The van der Waals surface area contributed by atoms with Crippen molar-refractivity contribution < 1.29 is 19.1 Å². The lowest BCUT2D eigenvalue weighted by Crippen LogP contribution is -2.11. The Morgan fingerprint density at radius 2 is 1.67 bits per heavy atom. The molecule has 0 spiro atoms. The molecule has 0 saturated carbocycles. The van der Waals surface area contributed by atoms with Crippen LogP contribution in [0.2, 0.25) is 0 Å². The van der Waals surface area contributed by atoms with Gasteiger partial charge in [-0.05, 0) is 12.5 Å². The van der Waals surface area contributed by atoms with Gasteiger partial charge in [-0.2, -0.15) is 0 Å². The Labute approximate surface area is 122 Å². The van der Waals surface area contributed by atoms with E-state index < -0.39 is 11.9 Å². The molecule has 5 heteroatoms. The van der Waals surface area contributed by atoms with Gasteiger partial charge >= 0.3 is 11.9 Å². The Morgan fingerprint density at radius 3 is 2.33 bits per heavy atom. The van der Waals surface area contributed by atoms with Crippen molar-refractivity contribution in [2.45, 2.75) is 13.5 Å². The highest BCUT2D eigenvalue weighted by Gasteiger charge is 2.34. The maximum atomic E-state index is 12.2. The minimum atomic E-state index is -0.524. The summed E-state index contributed by atoms with van der Waals surface area (Å²) < 4.78 is 11.6. The number of methoxy groups -OCH3 is 2. The highest BCUT2D eigenvalue weighted by molar-refractivity contribution is 6.09. The molecule has 0 aliphatic carbocycles. The fourth-order valence-corrected chi connectivity index (χ4v) is 2.93. The second-order valence-corrected chi connectivity index (χ2v) is 4.91. The van der Waals surface area contributed by atoms with Gasteiger partial charge in [-0.3, -0.25) is 0 Å². The molecule has 0 unspecified atom stereocenters. The van der Waals surface area contributed by atoms with Crippen LogP contribution in [0, 0.1) is 6.92 Å². The number of fused-ring (bicyclic) bond motifs is 3. The first-order valence-electron chi connectivity index (χ1n) is 6.58. The van der Waals surface area contributed by atoms with Crippen molar-refractivity contribution >= 4 is 11.9 Å². The summed E-state index contributed by atoms with van der Waals surface area (Å²) in [7, 11) is 2.61. The van der Waals surface area contributed by atoms with Gasteiger partial charge in [-0.1, -0.05) is 24.3 Å². The summed E-state index contributed by atoms with van der Waals surface area (Å²) in [4.78, 5) is 24.2. The third kappa shape index (κ3) is 1.77. The van der Waals surface area contributed by atoms with Crippen molar-refractivity contribution in [3.05, 3.63) is 46.6 Å². The Hall–Kier alpha value is -2.56. The van der Waals surface area contributed by atoms with E-state index in [1.165, 1.54) is 14.2 Å². The van der Waals surface area contributed by atoms with Gasteiger partial charge in [0.2, 0.25) is 0 Å². The molecular formula is C16H15NO4. The molecular weight excluding hydrogens is 270 g/mol. The molecule has 1 aromatic heterocycles. The van der Waals surface area contributed by atoms with E-state index in [-0.39, 0.29) is 11.1 Å². The lowest BCUT2D eigenvalue weighted by molar-refractivity contribution is 0.0556. The maximum absolute atomic E-state index is 12.2. The molecule has 2 heterocycles. The fourth-order valence-electron chi connectivity index (χ4n) is 2.93. The molecule has 21 heavy (non-hydrogen) atoms. The first-order valence-corrected chi connectivity index (χ1v) is 6.58. The van der Waals surface area contributed by atoms with Crippen LogP contribution < -0.4 is 0 Å². The molecule has 108 valence electrons. The number of hydrogen-bond donors (Lipinski definition) is 0. The van der Waals surface area contributed by atoms with Crippen molar-refractivity contribution in [1.82, 2.24) is 4.57 Å². The number of esters is 2. The van der Waals surface area contributed by atoms with Gasteiger partial charge in [0.1, 0.15) is 5.56 Å². The number of nitrogens with zero attached hydrogens (tertiary/aromatic N) is 1. The largest absolute Gasteiger partial charge is 0.465 e. The van der Waals surface area contributed by atoms with E-state index in [1.54, 1.807) is 0 Å². The zero-order chi connectivity index (χ0) is 15.1. The van der Waals surface area contributed by atoms with Gasteiger partial charge in [0, 0.05) is 17.8 Å². The third-order valence-corrected chi connectivity index (χ3v) is 3.90. The number of carbonyl (C=O) groups excluding carboxylic acids is 2. The summed E-state index contributed by atoms with van der Waals surface area (Å²) >= 11 is 0. The lowest BCUT2D eigenvalue weighted by atomic mass is 10.0. The lowest BCUT2D eigenvalue weighted by Gasteiger charge is -2.05. The summed E-state index contributed by atoms with van der Waals surface area (Å²) in [5.74, 6) is -1.05. The van der Waals surface area contributed by atoms with Crippen LogP contribution in [0.1, 0.15) is 32.0 Å². The molecule has 0 amide bonds. The predicted molar refractivity (Wildman–Crippen MR) is 76.4 cm³/mol. The van der Waals surface area contributed by atoms with Crippen molar-refractivity contribution in [2.75, 3.05) is 14.2 Å². The van der Waals surface area contributed by atoms with Gasteiger partial charge in [0.05, 0.1) is 25.5 Å². The number of hydrogen-bond acceptors (Lipinski definition) is 4. The number of ether oxygens (including phenoxy) is 2. The van der Waals surface area contributed by atoms with Crippen LogP contribution in [-0.2, 0) is 16.0 Å². The van der Waals surface area contributed by atoms with Crippen LogP contribution in [0.4, 0.5) is 0 Å². The van der Waals surface area contributed by atoms with Gasteiger partial charge in [0.25, 0.3) is 0 Å². The van der Waals surface area contributed by atoms with E-state index in [1.807, 2.05) is 35.8 Å². The average Bonchev–Trinajstić information content (AvgIpc) is 3.01. The Balaban J connectivity index is 2.34. The molecule has 1 aromatic carbocycles. The molecule has 3 rings (SSSR count). The fraction of sp³-hybridized carbons (Fsp3) is 0.250. The van der Waals surface area contributed by atoms with Crippen LogP contribution in [0.5, 0.6) is 0 Å². The number of aromatic nitrogens is 1. The topological polar surface area (TPSA) is 57.5 Å². The number of benzene rings is 1. The first kappa shape index (κ1) is 13.4. The van der Waals surface area contributed by atoms with E-state index in [2.05, 4.69) is 0 Å². The van der Waals surface area contributed by atoms with Gasteiger partial charge in [-0.25, -0.2) is 9.59 Å². The first-order chi connectivity index (χ1) is 10.1. The van der Waals surface area contributed by atoms with Crippen molar-refractivity contribution in [2.24, 2.45) is 0 Å². The highest BCUT2D eigenvalue weighted by Crippen LogP contribution is 2.39. The summed E-state index contributed by atoms with van der Waals surface area (Å²) in [6.45, 7) is 2.45. The van der Waals surface area contributed by atoms with E-state index in [0.29, 0.717) is 12.2 Å². The van der Waals surface area contributed by atoms with Gasteiger partial charge in [0.15, 0.2) is 0 Å². The van der Waals surface area contributed by atoms with Crippen LogP contribution in [-0.4, -0.2) is 30.7 Å². The predicted octanol–water partition coefficient (Wildman–Crippen LogP) is 2.40. The Bertz CT molecular complexity index is 758. The van der Waals surface area contributed by atoms with E-state index >= 15 is 0 Å². The summed E-state index contributed by atoms with van der Waals surface area (Å²) in [5.41, 5.74) is 4.10. The quantitative estimate of drug-likeness (QED) is 0.678. The highest BCUT2D eigenvalue weighted by atomic mass is 16.5. The van der Waals surface area contributed by atoms with Crippen LogP contribution >= 0.6 is 0 Å². The molecule has 0 bridgehead atoms. The summed E-state index contributed by atoms with van der Waals surface area (Å²) in [5, 5.41) is 0. The van der Waals surface area contributed by atoms with Crippen LogP contribution in [0.3, 0.4) is 0 Å². The van der Waals surface area contributed by atoms with E-state index in [4.69, 9.17) is 9.47 Å². The monoisotopic (exact) mass is 285 g/mol. The van der Waals surface area contributed by atoms with Crippen LogP contribution in [0.25, 0.3) is 11.3 Å². The molecule has 0 saturated heterocycles. The van der Waals surface area contributed by atoms with Crippen LogP contribution in [0.15, 0.2) is 24.3 Å². The normalized spacial score (nSPS) is 11.8. The number of carbonyl (C=O) groups is 2. The zero-order valence-electron chi connectivity index (χ0n) is 12.1. The summed E-state index contributed by atoms with van der Waals surface area (Å²) in [6.07, 6.45) is 0. The van der Waals surface area contributed by atoms with Crippen molar-refractivity contribution in [3.8, 4) is 11.3 Å². The van der Waals surface area contributed by atoms with Gasteiger partial charge < -0.3 is 14.0 Å². The smallest absolute Gasteiger partial charge is 0.340 e. The SMILES string of the molecule is COC(=O)c1c(C(=O)OC)c2n(c1C)Cc1ccccc1-2. The van der Waals surface area contributed by atoms with E-state index in [9.17, 15) is 9.59 Å². The molecule has 1 aliphatic rings. The molecule has 0 radical (unpaired) electrons. The maximum Gasteiger partial charge on any atom is 0.340 e.